The number of halogens is 2. The lowest BCUT2D eigenvalue weighted by molar-refractivity contribution is 0.101. The first-order chi connectivity index (χ1) is 7.58. The molecule has 0 atom stereocenters. The standard InChI is InChI=1S/C12H11F2NO/c1-8(16)9-2-3-11-10(6-9)4-5-15(11)7-12(13)14/h2-6,12H,7H2,1H3. The lowest BCUT2D eigenvalue weighted by Gasteiger charge is -2.04. The molecule has 16 heavy (non-hydrogen) atoms. The number of rotatable bonds is 3. The summed E-state index contributed by atoms with van der Waals surface area (Å²) >= 11 is 0. The number of carbonyl (C=O) groups is 1. The average Bonchev–Trinajstić information content (AvgIpc) is 2.60. The number of benzene rings is 1. The zero-order valence-corrected chi connectivity index (χ0v) is 8.78. The van der Waals surface area contributed by atoms with Crippen molar-refractivity contribution in [1.29, 1.82) is 0 Å². The third kappa shape index (κ3) is 1.96. The maximum Gasteiger partial charge on any atom is 0.256 e. The Morgan fingerprint density at radius 2 is 2.12 bits per heavy atom. The molecule has 2 aromatic rings. The number of hydrogen-bond donors (Lipinski definition) is 0. The van der Waals surface area contributed by atoms with Gasteiger partial charge in [-0.25, -0.2) is 8.78 Å². The van der Waals surface area contributed by atoms with Gasteiger partial charge in [0.1, 0.15) is 0 Å². The third-order valence-corrected chi connectivity index (χ3v) is 2.51. The summed E-state index contributed by atoms with van der Waals surface area (Å²) in [4.78, 5) is 11.1. The highest BCUT2D eigenvalue weighted by atomic mass is 19.3. The van der Waals surface area contributed by atoms with Gasteiger partial charge in [0.15, 0.2) is 5.78 Å². The van der Waals surface area contributed by atoms with E-state index in [1.807, 2.05) is 0 Å². The van der Waals surface area contributed by atoms with Crippen LogP contribution in [0.4, 0.5) is 8.78 Å². The first-order valence-electron chi connectivity index (χ1n) is 4.96. The Morgan fingerprint density at radius 3 is 2.75 bits per heavy atom. The molecule has 0 aliphatic rings. The topological polar surface area (TPSA) is 22.0 Å². The third-order valence-electron chi connectivity index (χ3n) is 2.51. The number of alkyl halides is 2. The van der Waals surface area contributed by atoms with E-state index >= 15 is 0 Å². The number of ketones is 1. The second-order valence-electron chi connectivity index (χ2n) is 3.69. The van der Waals surface area contributed by atoms with E-state index in [1.165, 1.54) is 11.5 Å². The fourth-order valence-corrected chi connectivity index (χ4v) is 1.73. The molecular weight excluding hydrogens is 212 g/mol. The Bertz CT molecular complexity index is 531. The smallest absolute Gasteiger partial charge is 0.256 e. The monoisotopic (exact) mass is 223 g/mol. The van der Waals surface area contributed by atoms with E-state index in [0.717, 1.165) is 10.9 Å². The van der Waals surface area contributed by atoms with Crippen molar-refractivity contribution in [2.75, 3.05) is 0 Å². The highest BCUT2D eigenvalue weighted by Gasteiger charge is 2.08. The van der Waals surface area contributed by atoms with Crippen molar-refractivity contribution in [1.82, 2.24) is 4.57 Å². The van der Waals surface area contributed by atoms with Gasteiger partial charge in [-0.15, -0.1) is 0 Å². The van der Waals surface area contributed by atoms with Crippen LogP contribution in [0.3, 0.4) is 0 Å². The van der Waals surface area contributed by atoms with Crippen LogP contribution in [-0.4, -0.2) is 16.8 Å². The molecule has 0 aliphatic heterocycles. The van der Waals surface area contributed by atoms with Gasteiger partial charge < -0.3 is 4.57 Å². The van der Waals surface area contributed by atoms with Gasteiger partial charge in [-0.2, -0.15) is 0 Å². The van der Waals surface area contributed by atoms with Crippen LogP contribution in [0.15, 0.2) is 30.5 Å². The Morgan fingerprint density at radius 1 is 1.38 bits per heavy atom. The molecule has 0 fully saturated rings. The molecule has 0 bridgehead atoms. The predicted octanol–water partition coefficient (Wildman–Crippen LogP) is 3.11. The summed E-state index contributed by atoms with van der Waals surface area (Å²) in [5.74, 6) is -0.0245. The summed E-state index contributed by atoms with van der Waals surface area (Å²) in [5.41, 5.74) is 1.33. The molecule has 0 aliphatic carbocycles. The van der Waals surface area contributed by atoms with E-state index in [4.69, 9.17) is 0 Å². The van der Waals surface area contributed by atoms with Gasteiger partial charge in [-0.3, -0.25) is 4.79 Å². The highest BCUT2D eigenvalue weighted by Crippen LogP contribution is 2.19. The summed E-state index contributed by atoms with van der Waals surface area (Å²) in [5, 5.41) is 0.813. The molecule has 1 aromatic heterocycles. The molecule has 0 radical (unpaired) electrons. The van der Waals surface area contributed by atoms with E-state index in [2.05, 4.69) is 0 Å². The van der Waals surface area contributed by atoms with E-state index in [1.54, 1.807) is 30.5 Å². The van der Waals surface area contributed by atoms with E-state index in [0.29, 0.717) is 5.56 Å². The number of aromatic nitrogens is 1. The quantitative estimate of drug-likeness (QED) is 0.733. The maximum atomic E-state index is 12.3. The van der Waals surface area contributed by atoms with E-state index < -0.39 is 6.43 Å². The maximum absolute atomic E-state index is 12.3. The molecule has 2 nitrogen and oxygen atoms in total. The SMILES string of the molecule is CC(=O)c1ccc2c(ccn2CC(F)F)c1. The Kier molecular flexibility index (Phi) is 2.73. The molecule has 0 unspecified atom stereocenters. The largest absolute Gasteiger partial charge is 0.342 e. The lowest BCUT2D eigenvalue weighted by Crippen LogP contribution is -2.04. The number of fused-ring (bicyclic) bond motifs is 1. The summed E-state index contributed by atoms with van der Waals surface area (Å²) in [6.45, 7) is 1.17. The van der Waals surface area contributed by atoms with Gasteiger partial charge in [-0.05, 0) is 31.2 Å². The van der Waals surface area contributed by atoms with Crippen molar-refractivity contribution in [2.45, 2.75) is 19.9 Å². The minimum absolute atomic E-state index is 0.0245. The minimum Gasteiger partial charge on any atom is -0.342 e. The number of nitrogens with zero attached hydrogens (tertiary/aromatic N) is 1. The van der Waals surface area contributed by atoms with Crippen molar-refractivity contribution < 1.29 is 13.6 Å². The van der Waals surface area contributed by atoms with Gasteiger partial charge in [0.25, 0.3) is 6.43 Å². The highest BCUT2D eigenvalue weighted by molar-refractivity contribution is 5.98. The van der Waals surface area contributed by atoms with Crippen LogP contribution in [-0.2, 0) is 6.54 Å². The zero-order valence-electron chi connectivity index (χ0n) is 8.78. The van der Waals surface area contributed by atoms with Crippen LogP contribution in [0, 0.1) is 0 Å². The van der Waals surface area contributed by atoms with Crippen molar-refractivity contribution in [3.63, 3.8) is 0 Å². The van der Waals surface area contributed by atoms with Crippen LogP contribution in [0.2, 0.25) is 0 Å². The molecule has 0 N–H and O–H groups in total. The fourth-order valence-electron chi connectivity index (χ4n) is 1.73. The molecule has 0 saturated heterocycles. The molecule has 84 valence electrons. The van der Waals surface area contributed by atoms with E-state index in [-0.39, 0.29) is 12.3 Å². The predicted molar refractivity (Wildman–Crippen MR) is 57.9 cm³/mol. The van der Waals surface area contributed by atoms with Crippen molar-refractivity contribution >= 4 is 16.7 Å². The molecule has 0 saturated carbocycles. The summed E-state index contributed by atoms with van der Waals surface area (Å²) in [6.07, 6.45) is -0.760. The molecular formula is C12H11F2NO. The van der Waals surface area contributed by atoms with Gasteiger partial charge >= 0.3 is 0 Å². The molecule has 2 rings (SSSR count). The Hall–Kier alpha value is -1.71. The Balaban J connectivity index is 2.46. The second-order valence-corrected chi connectivity index (χ2v) is 3.69. The number of Topliss-reactive ketones (excluding diaryl/α,β-unsaturated/α-hetero) is 1. The summed E-state index contributed by atoms with van der Waals surface area (Å²) in [7, 11) is 0. The fraction of sp³-hybridized carbons (Fsp3) is 0.250. The zero-order chi connectivity index (χ0) is 11.7. The Labute approximate surface area is 91.5 Å². The summed E-state index contributed by atoms with van der Waals surface area (Å²) < 4.78 is 26.0. The second kappa shape index (κ2) is 4.04. The van der Waals surface area contributed by atoms with Gasteiger partial charge in [0.05, 0.1) is 6.54 Å². The van der Waals surface area contributed by atoms with Gasteiger partial charge in [-0.1, -0.05) is 0 Å². The molecule has 0 amide bonds. The molecule has 0 spiro atoms. The minimum atomic E-state index is -2.37. The van der Waals surface area contributed by atoms with Gasteiger partial charge in [0, 0.05) is 22.7 Å². The van der Waals surface area contributed by atoms with Crippen LogP contribution in [0.1, 0.15) is 17.3 Å². The van der Waals surface area contributed by atoms with Crippen molar-refractivity contribution in [3.8, 4) is 0 Å². The van der Waals surface area contributed by atoms with Crippen molar-refractivity contribution in [2.24, 2.45) is 0 Å². The number of hydrogen-bond acceptors (Lipinski definition) is 1. The summed E-state index contributed by atoms with van der Waals surface area (Å²) in [6, 6.07) is 6.82. The molecule has 1 heterocycles. The van der Waals surface area contributed by atoms with Crippen LogP contribution < -0.4 is 0 Å². The van der Waals surface area contributed by atoms with Crippen molar-refractivity contribution in [3.05, 3.63) is 36.0 Å². The van der Waals surface area contributed by atoms with Crippen LogP contribution in [0.5, 0.6) is 0 Å². The van der Waals surface area contributed by atoms with Gasteiger partial charge in [0.2, 0.25) is 0 Å². The average molecular weight is 223 g/mol. The first kappa shape index (κ1) is 10.8. The molecule has 4 heteroatoms. The van der Waals surface area contributed by atoms with Crippen LogP contribution >= 0.6 is 0 Å². The normalized spacial score (nSPS) is 11.2. The number of carbonyl (C=O) groups excluding carboxylic acids is 1. The van der Waals surface area contributed by atoms with E-state index in [9.17, 15) is 13.6 Å². The van der Waals surface area contributed by atoms with Crippen LogP contribution in [0.25, 0.3) is 10.9 Å². The lowest BCUT2D eigenvalue weighted by atomic mass is 10.1. The first-order valence-corrected chi connectivity index (χ1v) is 4.96. The molecule has 1 aromatic carbocycles.